The van der Waals surface area contributed by atoms with Crippen molar-refractivity contribution in [1.29, 1.82) is 0 Å². The summed E-state index contributed by atoms with van der Waals surface area (Å²) in [6, 6.07) is 0. The Morgan fingerprint density at radius 1 is 1.42 bits per heavy atom. The molecule has 0 N–H and O–H groups in total. The molecule has 0 spiro atoms. The summed E-state index contributed by atoms with van der Waals surface area (Å²) in [4.78, 5) is 22.0. The first-order valence-electron chi connectivity index (χ1n) is 4.63. The van der Waals surface area contributed by atoms with Crippen LogP contribution >= 0.6 is 0 Å². The van der Waals surface area contributed by atoms with Gasteiger partial charge in [-0.15, -0.1) is 0 Å². The second-order valence-corrected chi connectivity index (χ2v) is 3.78. The summed E-state index contributed by atoms with van der Waals surface area (Å²) >= 11 is 0. The predicted octanol–water partition coefficient (Wildman–Crippen LogP) is 1.97. The van der Waals surface area contributed by atoms with Gasteiger partial charge in [0.1, 0.15) is 11.6 Å². The number of rotatable bonds is 2. The first-order valence-corrected chi connectivity index (χ1v) is 4.63. The Hall–Kier alpha value is -0.660. The van der Waals surface area contributed by atoms with Gasteiger partial charge in [0.05, 0.1) is 0 Å². The molecule has 0 amide bonds. The monoisotopic (exact) mass is 168 g/mol. The van der Waals surface area contributed by atoms with Crippen LogP contribution in [0.2, 0.25) is 0 Å². The minimum atomic E-state index is 0.151. The van der Waals surface area contributed by atoms with Crippen molar-refractivity contribution in [3.8, 4) is 0 Å². The number of hydrogen-bond acceptors (Lipinski definition) is 2. The molecule has 1 saturated carbocycles. The Balaban J connectivity index is 2.44. The van der Waals surface area contributed by atoms with Crippen LogP contribution < -0.4 is 0 Å². The van der Waals surface area contributed by atoms with Gasteiger partial charge in [-0.3, -0.25) is 9.59 Å². The normalized spacial score (nSPS) is 22.3. The van der Waals surface area contributed by atoms with Gasteiger partial charge >= 0.3 is 0 Å². The third-order valence-corrected chi connectivity index (χ3v) is 2.94. The maximum Gasteiger partial charge on any atom is 0.132 e. The maximum atomic E-state index is 11.0. The van der Waals surface area contributed by atoms with Gasteiger partial charge in [-0.2, -0.15) is 0 Å². The summed E-state index contributed by atoms with van der Waals surface area (Å²) in [6.45, 7) is 3.61. The molecule has 1 rings (SSSR count). The van der Waals surface area contributed by atoms with Crippen LogP contribution in [0.25, 0.3) is 0 Å². The lowest BCUT2D eigenvalue weighted by molar-refractivity contribution is -0.125. The summed E-state index contributed by atoms with van der Waals surface area (Å²) < 4.78 is 0. The zero-order valence-electron chi connectivity index (χ0n) is 7.80. The topological polar surface area (TPSA) is 34.1 Å². The quantitative estimate of drug-likeness (QED) is 0.631. The van der Waals surface area contributed by atoms with Crippen molar-refractivity contribution in [2.24, 2.45) is 11.8 Å². The lowest BCUT2D eigenvalue weighted by Crippen LogP contribution is -2.24. The molecule has 0 heterocycles. The molecule has 1 unspecified atom stereocenters. The van der Waals surface area contributed by atoms with Crippen LogP contribution in [0.4, 0.5) is 0 Å². The Kier molecular flexibility index (Phi) is 3.01. The van der Waals surface area contributed by atoms with Crippen molar-refractivity contribution < 1.29 is 9.59 Å². The highest BCUT2D eigenvalue weighted by atomic mass is 16.1. The van der Waals surface area contributed by atoms with Gasteiger partial charge in [0.2, 0.25) is 0 Å². The van der Waals surface area contributed by atoms with E-state index in [-0.39, 0.29) is 11.7 Å². The van der Waals surface area contributed by atoms with Crippen molar-refractivity contribution in [1.82, 2.24) is 0 Å². The second kappa shape index (κ2) is 3.83. The third-order valence-electron chi connectivity index (χ3n) is 2.94. The van der Waals surface area contributed by atoms with E-state index in [4.69, 9.17) is 0 Å². The van der Waals surface area contributed by atoms with E-state index in [9.17, 15) is 9.59 Å². The zero-order valence-corrected chi connectivity index (χ0v) is 7.80. The van der Waals surface area contributed by atoms with Crippen LogP contribution in [-0.2, 0) is 9.59 Å². The van der Waals surface area contributed by atoms with Crippen molar-refractivity contribution >= 4 is 11.6 Å². The Morgan fingerprint density at radius 3 is 2.33 bits per heavy atom. The zero-order chi connectivity index (χ0) is 9.14. The number of carbonyl (C=O) groups is 2. The van der Waals surface area contributed by atoms with Gasteiger partial charge in [0.25, 0.3) is 0 Å². The summed E-state index contributed by atoms with van der Waals surface area (Å²) in [5, 5.41) is 0. The molecule has 0 aliphatic heterocycles. The van der Waals surface area contributed by atoms with Crippen LogP contribution in [0.1, 0.15) is 39.5 Å². The van der Waals surface area contributed by atoms with E-state index < -0.39 is 0 Å². The lowest BCUT2D eigenvalue weighted by Gasteiger charge is -2.24. The highest BCUT2D eigenvalue weighted by Crippen LogP contribution is 2.28. The molecule has 1 atom stereocenters. The van der Waals surface area contributed by atoms with E-state index in [1.165, 1.54) is 0 Å². The summed E-state index contributed by atoms with van der Waals surface area (Å²) in [6.07, 6.45) is 3.20. The van der Waals surface area contributed by atoms with Crippen molar-refractivity contribution in [3.63, 3.8) is 0 Å². The minimum Gasteiger partial charge on any atom is -0.300 e. The highest BCUT2D eigenvalue weighted by Gasteiger charge is 2.25. The third kappa shape index (κ3) is 2.16. The molecular formula is C10H16O2. The molecule has 0 bridgehead atoms. The van der Waals surface area contributed by atoms with E-state index in [2.05, 4.69) is 0 Å². The number of ketones is 2. The smallest absolute Gasteiger partial charge is 0.132 e. The van der Waals surface area contributed by atoms with E-state index in [1.807, 2.05) is 6.92 Å². The molecule has 2 heteroatoms. The van der Waals surface area contributed by atoms with Crippen LogP contribution in [0.15, 0.2) is 0 Å². The molecule has 12 heavy (non-hydrogen) atoms. The molecular weight excluding hydrogens is 152 g/mol. The molecule has 0 aromatic rings. The van der Waals surface area contributed by atoms with Crippen LogP contribution in [-0.4, -0.2) is 11.6 Å². The summed E-state index contributed by atoms with van der Waals surface area (Å²) in [5.74, 6) is 1.23. The first kappa shape index (κ1) is 9.43. The van der Waals surface area contributed by atoms with Crippen molar-refractivity contribution in [3.05, 3.63) is 0 Å². The Morgan fingerprint density at radius 2 is 1.92 bits per heavy atom. The number of Topliss-reactive ketones (excluding diaryl/α,β-unsaturated/α-hetero) is 2. The van der Waals surface area contributed by atoms with Gasteiger partial charge in [-0.25, -0.2) is 0 Å². The molecule has 1 fully saturated rings. The van der Waals surface area contributed by atoms with Gasteiger partial charge in [0, 0.05) is 18.8 Å². The summed E-state index contributed by atoms with van der Waals surface area (Å²) in [5.41, 5.74) is 0. The van der Waals surface area contributed by atoms with Crippen LogP contribution in [0.3, 0.4) is 0 Å². The lowest BCUT2D eigenvalue weighted by atomic mass is 9.79. The van der Waals surface area contributed by atoms with E-state index >= 15 is 0 Å². The Bertz CT molecular complexity index is 186. The van der Waals surface area contributed by atoms with E-state index in [0.717, 1.165) is 12.8 Å². The van der Waals surface area contributed by atoms with E-state index in [1.54, 1.807) is 6.92 Å². The van der Waals surface area contributed by atoms with Crippen LogP contribution in [0.5, 0.6) is 0 Å². The number of hydrogen-bond donors (Lipinski definition) is 0. The van der Waals surface area contributed by atoms with Gasteiger partial charge < -0.3 is 0 Å². The molecule has 0 aromatic carbocycles. The van der Waals surface area contributed by atoms with E-state index in [0.29, 0.717) is 24.5 Å². The maximum absolute atomic E-state index is 11.0. The average Bonchev–Trinajstić information content (AvgIpc) is 2.04. The molecule has 0 aromatic heterocycles. The molecule has 1 aliphatic rings. The second-order valence-electron chi connectivity index (χ2n) is 3.78. The fraction of sp³-hybridized carbons (Fsp3) is 0.800. The Labute approximate surface area is 73.3 Å². The van der Waals surface area contributed by atoms with Crippen LogP contribution in [0, 0.1) is 11.8 Å². The fourth-order valence-electron chi connectivity index (χ4n) is 1.79. The predicted molar refractivity (Wildman–Crippen MR) is 46.8 cm³/mol. The fourth-order valence-corrected chi connectivity index (χ4v) is 1.79. The summed E-state index contributed by atoms with van der Waals surface area (Å²) in [7, 11) is 0. The standard InChI is InChI=1S/C10H16O2/c1-7(8(2)11)9-3-5-10(12)6-4-9/h7,9H,3-6H2,1-2H3. The molecule has 0 radical (unpaired) electrons. The molecule has 68 valence electrons. The first-order chi connectivity index (χ1) is 5.61. The SMILES string of the molecule is CC(=O)C(C)C1CCC(=O)CC1. The minimum absolute atomic E-state index is 0.151. The van der Waals surface area contributed by atoms with Crippen molar-refractivity contribution in [2.75, 3.05) is 0 Å². The molecule has 0 saturated heterocycles. The average molecular weight is 168 g/mol. The highest BCUT2D eigenvalue weighted by molar-refractivity contribution is 5.81. The van der Waals surface area contributed by atoms with Gasteiger partial charge in [-0.1, -0.05) is 6.92 Å². The largest absolute Gasteiger partial charge is 0.300 e. The van der Waals surface area contributed by atoms with Gasteiger partial charge in [-0.05, 0) is 25.7 Å². The molecule has 2 nitrogen and oxygen atoms in total. The number of carbonyl (C=O) groups excluding carboxylic acids is 2. The molecule has 1 aliphatic carbocycles. The van der Waals surface area contributed by atoms with Gasteiger partial charge in [0.15, 0.2) is 0 Å². The van der Waals surface area contributed by atoms with Crippen molar-refractivity contribution in [2.45, 2.75) is 39.5 Å².